The van der Waals surface area contributed by atoms with Crippen LogP contribution in [0.5, 0.6) is 5.75 Å². The number of nitrogens with one attached hydrogen (secondary N) is 1. The summed E-state index contributed by atoms with van der Waals surface area (Å²) in [4.78, 5) is 12.3. The number of carbonyl (C=O) groups excluding carboxylic acids is 1. The summed E-state index contributed by atoms with van der Waals surface area (Å²) in [5.41, 5.74) is -0.754. The Hall–Kier alpha value is -1.80. The molecule has 6 nitrogen and oxygen atoms in total. The summed E-state index contributed by atoms with van der Waals surface area (Å²) in [5.74, 6) is 0.945. The van der Waals surface area contributed by atoms with Crippen LogP contribution in [0.4, 0.5) is 0 Å². The zero-order valence-electron chi connectivity index (χ0n) is 13.6. The maximum Gasteiger partial charge on any atom is 0.287 e. The molecule has 25 heavy (non-hydrogen) atoms. The van der Waals surface area contributed by atoms with Crippen molar-refractivity contribution in [3.63, 3.8) is 0 Å². The lowest BCUT2D eigenvalue weighted by Crippen LogP contribution is -2.46. The van der Waals surface area contributed by atoms with Crippen LogP contribution < -0.4 is 10.1 Å². The van der Waals surface area contributed by atoms with E-state index in [2.05, 4.69) is 21.2 Å². The molecule has 1 atom stereocenters. The number of benzene rings is 1. The van der Waals surface area contributed by atoms with Gasteiger partial charge in [0.1, 0.15) is 18.1 Å². The molecule has 2 heterocycles. The largest absolute Gasteiger partial charge is 0.486 e. The summed E-state index contributed by atoms with van der Waals surface area (Å²) in [6.45, 7) is 1.92. The number of amides is 1. The normalized spacial score (nSPS) is 21.8. The summed E-state index contributed by atoms with van der Waals surface area (Å²) in [7, 11) is -3.09. The Morgan fingerprint density at radius 2 is 2.16 bits per heavy atom. The van der Waals surface area contributed by atoms with E-state index in [0.29, 0.717) is 17.9 Å². The van der Waals surface area contributed by atoms with Crippen LogP contribution in [0.25, 0.3) is 0 Å². The van der Waals surface area contributed by atoms with E-state index in [0.717, 1.165) is 4.47 Å². The van der Waals surface area contributed by atoms with Gasteiger partial charge in [0.25, 0.3) is 5.91 Å². The summed E-state index contributed by atoms with van der Waals surface area (Å²) in [6, 6.07) is 10.6. The molecule has 0 spiro atoms. The van der Waals surface area contributed by atoms with E-state index in [1.54, 1.807) is 19.1 Å². The highest BCUT2D eigenvalue weighted by molar-refractivity contribution is 9.10. The van der Waals surface area contributed by atoms with Gasteiger partial charge in [0.05, 0.1) is 17.0 Å². The Morgan fingerprint density at radius 1 is 1.36 bits per heavy atom. The highest BCUT2D eigenvalue weighted by Gasteiger charge is 2.39. The van der Waals surface area contributed by atoms with Crippen LogP contribution in [0, 0.1) is 0 Å². The topological polar surface area (TPSA) is 85.6 Å². The maximum atomic E-state index is 12.3. The summed E-state index contributed by atoms with van der Waals surface area (Å²) < 4.78 is 35.3. The third-order valence-electron chi connectivity index (χ3n) is 3.98. The first-order valence-corrected chi connectivity index (χ1v) is 10.4. The highest BCUT2D eigenvalue weighted by Crippen LogP contribution is 2.24. The quantitative estimate of drug-likeness (QED) is 0.792. The fourth-order valence-corrected chi connectivity index (χ4v) is 5.20. The van der Waals surface area contributed by atoms with E-state index in [4.69, 9.17) is 9.15 Å². The van der Waals surface area contributed by atoms with Gasteiger partial charge < -0.3 is 14.5 Å². The molecule has 1 amide bonds. The number of rotatable bonds is 5. The molecule has 2 aromatic rings. The molecule has 0 radical (unpaired) electrons. The minimum atomic E-state index is -3.09. The molecular weight excluding hydrogens is 410 g/mol. The van der Waals surface area contributed by atoms with Crippen LogP contribution in [-0.2, 0) is 16.4 Å². The summed E-state index contributed by atoms with van der Waals surface area (Å²) in [6.07, 6.45) is 0.403. The van der Waals surface area contributed by atoms with Crippen molar-refractivity contribution < 1.29 is 22.4 Å². The molecule has 1 aromatic carbocycles. The zero-order chi connectivity index (χ0) is 18.1. The summed E-state index contributed by atoms with van der Waals surface area (Å²) >= 11 is 3.37. The number of sulfone groups is 1. The van der Waals surface area contributed by atoms with Gasteiger partial charge >= 0.3 is 0 Å². The minimum Gasteiger partial charge on any atom is -0.486 e. The molecule has 1 aliphatic heterocycles. The number of carbonyl (C=O) groups is 1. The van der Waals surface area contributed by atoms with Crippen molar-refractivity contribution in [1.82, 2.24) is 5.32 Å². The van der Waals surface area contributed by atoms with Gasteiger partial charge in [0, 0.05) is 4.47 Å². The Kier molecular flexibility index (Phi) is 4.92. The molecule has 0 saturated carbocycles. The van der Waals surface area contributed by atoms with Gasteiger partial charge in [-0.1, -0.05) is 22.0 Å². The maximum absolute atomic E-state index is 12.3. The van der Waals surface area contributed by atoms with Gasteiger partial charge in [0.2, 0.25) is 0 Å². The lowest BCUT2D eigenvalue weighted by molar-refractivity contribution is 0.0882. The minimum absolute atomic E-state index is 0.0503. The molecule has 1 N–H and O–H groups in total. The number of hydrogen-bond acceptors (Lipinski definition) is 5. The number of halogens is 1. The molecule has 0 bridgehead atoms. The molecule has 134 valence electrons. The Labute approximate surface area is 154 Å². The van der Waals surface area contributed by atoms with Crippen LogP contribution in [0.2, 0.25) is 0 Å². The van der Waals surface area contributed by atoms with Crippen LogP contribution in [0.1, 0.15) is 29.7 Å². The Morgan fingerprint density at radius 3 is 2.84 bits per heavy atom. The van der Waals surface area contributed by atoms with E-state index >= 15 is 0 Å². The fraction of sp³-hybridized carbons (Fsp3) is 0.353. The fourth-order valence-electron chi connectivity index (χ4n) is 2.73. The van der Waals surface area contributed by atoms with Gasteiger partial charge in [0.15, 0.2) is 15.6 Å². The molecule has 1 aromatic heterocycles. The lowest BCUT2D eigenvalue weighted by Gasteiger charge is -2.23. The third-order valence-corrected chi connectivity index (χ3v) is 6.38. The number of furan rings is 1. The van der Waals surface area contributed by atoms with Crippen LogP contribution >= 0.6 is 15.9 Å². The average molecular weight is 428 g/mol. The van der Waals surface area contributed by atoms with Crippen LogP contribution in [-0.4, -0.2) is 31.4 Å². The number of hydrogen-bond donors (Lipinski definition) is 1. The van der Waals surface area contributed by atoms with E-state index in [-0.39, 0.29) is 23.9 Å². The first-order chi connectivity index (χ1) is 11.7. The molecule has 3 rings (SSSR count). The van der Waals surface area contributed by atoms with Gasteiger partial charge in [-0.25, -0.2) is 8.42 Å². The second-order valence-electron chi connectivity index (χ2n) is 6.37. The van der Waals surface area contributed by atoms with Crippen LogP contribution in [0.3, 0.4) is 0 Å². The van der Waals surface area contributed by atoms with E-state index in [1.807, 2.05) is 24.3 Å². The highest BCUT2D eigenvalue weighted by atomic mass is 79.9. The zero-order valence-corrected chi connectivity index (χ0v) is 16.0. The molecular formula is C17H18BrNO5S. The first-order valence-electron chi connectivity index (χ1n) is 7.75. The van der Waals surface area contributed by atoms with Crippen molar-refractivity contribution in [3.05, 3.63) is 52.4 Å². The average Bonchev–Trinajstić information content (AvgIpc) is 3.10. The van der Waals surface area contributed by atoms with Crippen LogP contribution in [0.15, 0.2) is 45.3 Å². The van der Waals surface area contributed by atoms with Gasteiger partial charge in [-0.15, -0.1) is 0 Å². The van der Waals surface area contributed by atoms with Crippen molar-refractivity contribution in [1.29, 1.82) is 0 Å². The van der Waals surface area contributed by atoms with E-state index < -0.39 is 21.3 Å². The van der Waals surface area contributed by atoms with Crippen molar-refractivity contribution in [2.45, 2.75) is 25.5 Å². The first kappa shape index (κ1) is 18.0. The predicted molar refractivity (Wildman–Crippen MR) is 96.3 cm³/mol. The second kappa shape index (κ2) is 6.84. The van der Waals surface area contributed by atoms with Crippen molar-refractivity contribution in [2.24, 2.45) is 0 Å². The standard InChI is InChI=1S/C17H18BrNO5S/c1-17(7-8-25(21,22)11-17)19-16(20)15-6-5-14(24-15)10-23-13-4-2-3-12(18)9-13/h2-6,9H,7-8,10-11H2,1H3,(H,19,20). The molecule has 1 saturated heterocycles. The van der Waals surface area contributed by atoms with Gasteiger partial charge in [-0.05, 0) is 43.7 Å². The lowest BCUT2D eigenvalue weighted by atomic mass is 10.0. The molecule has 1 fully saturated rings. The predicted octanol–water partition coefficient (Wildman–Crippen LogP) is 2.93. The second-order valence-corrected chi connectivity index (χ2v) is 9.47. The van der Waals surface area contributed by atoms with Crippen molar-refractivity contribution in [3.8, 4) is 5.75 Å². The summed E-state index contributed by atoms with van der Waals surface area (Å²) in [5, 5.41) is 2.76. The number of ether oxygens (including phenoxy) is 1. The van der Waals surface area contributed by atoms with Crippen molar-refractivity contribution >= 4 is 31.7 Å². The molecule has 1 aliphatic rings. The smallest absolute Gasteiger partial charge is 0.287 e. The molecule has 8 heteroatoms. The molecule has 0 aliphatic carbocycles. The molecule has 1 unspecified atom stereocenters. The monoisotopic (exact) mass is 427 g/mol. The Balaban J connectivity index is 1.60. The van der Waals surface area contributed by atoms with E-state index in [9.17, 15) is 13.2 Å². The SMILES string of the molecule is CC1(NC(=O)c2ccc(COc3cccc(Br)c3)o2)CCS(=O)(=O)C1. The van der Waals surface area contributed by atoms with E-state index in [1.165, 1.54) is 0 Å². The van der Waals surface area contributed by atoms with Gasteiger partial charge in [-0.2, -0.15) is 0 Å². The van der Waals surface area contributed by atoms with Gasteiger partial charge in [-0.3, -0.25) is 4.79 Å². The van der Waals surface area contributed by atoms with Crippen molar-refractivity contribution in [2.75, 3.05) is 11.5 Å². The third kappa shape index (κ3) is 4.64. The Bertz CT molecular complexity index is 892.